The molecule has 17 heavy (non-hydrogen) atoms. The van der Waals surface area contributed by atoms with Crippen molar-refractivity contribution in [2.45, 2.75) is 37.8 Å². The SMILES string of the molecule is [C-]#[N+]c1ccc(I)c(NC2CCC(N)CC2)c1. The summed E-state index contributed by atoms with van der Waals surface area (Å²) in [6.07, 6.45) is 4.44. The van der Waals surface area contributed by atoms with Crippen molar-refractivity contribution in [2.75, 3.05) is 5.32 Å². The Kier molecular flexibility index (Phi) is 4.24. The standard InChI is InChI=1S/C13H16IN3/c1-16-11-6-7-12(14)13(8-11)17-10-4-2-9(15)3-5-10/h6-10,17H,2-5,15H2. The van der Waals surface area contributed by atoms with Gasteiger partial charge in [0, 0.05) is 21.3 Å². The molecule has 1 aromatic carbocycles. The summed E-state index contributed by atoms with van der Waals surface area (Å²) < 4.78 is 1.17. The molecule has 1 aromatic rings. The van der Waals surface area contributed by atoms with Crippen molar-refractivity contribution in [2.24, 2.45) is 5.73 Å². The van der Waals surface area contributed by atoms with E-state index in [0.29, 0.717) is 17.8 Å². The van der Waals surface area contributed by atoms with Gasteiger partial charge in [-0.15, -0.1) is 0 Å². The molecule has 0 radical (unpaired) electrons. The monoisotopic (exact) mass is 341 g/mol. The van der Waals surface area contributed by atoms with E-state index >= 15 is 0 Å². The third kappa shape index (κ3) is 3.33. The summed E-state index contributed by atoms with van der Waals surface area (Å²) in [7, 11) is 0. The molecule has 2 rings (SSSR count). The van der Waals surface area contributed by atoms with Crippen LogP contribution in [0.2, 0.25) is 0 Å². The maximum absolute atomic E-state index is 7.04. The average Bonchev–Trinajstić information content (AvgIpc) is 2.35. The van der Waals surface area contributed by atoms with Crippen LogP contribution in [0.25, 0.3) is 4.85 Å². The topological polar surface area (TPSA) is 42.4 Å². The molecule has 0 aromatic heterocycles. The predicted octanol–water partition coefficient (Wildman–Crippen LogP) is 3.52. The third-order valence-electron chi connectivity index (χ3n) is 3.21. The van der Waals surface area contributed by atoms with E-state index in [-0.39, 0.29) is 0 Å². The van der Waals surface area contributed by atoms with Gasteiger partial charge in [0.1, 0.15) is 0 Å². The van der Waals surface area contributed by atoms with Gasteiger partial charge in [-0.3, -0.25) is 0 Å². The Balaban J connectivity index is 2.05. The number of nitrogens with two attached hydrogens (primary N) is 1. The summed E-state index contributed by atoms with van der Waals surface area (Å²) in [4.78, 5) is 3.46. The van der Waals surface area contributed by atoms with Crippen LogP contribution in [0.5, 0.6) is 0 Å². The number of nitrogens with zero attached hydrogens (tertiary/aromatic N) is 1. The summed E-state index contributed by atoms with van der Waals surface area (Å²) in [6.45, 7) is 7.04. The van der Waals surface area contributed by atoms with E-state index in [4.69, 9.17) is 12.3 Å². The summed E-state index contributed by atoms with van der Waals surface area (Å²) in [5.74, 6) is 0. The molecule has 0 heterocycles. The Morgan fingerprint density at radius 1 is 1.29 bits per heavy atom. The van der Waals surface area contributed by atoms with Crippen LogP contribution in [0.4, 0.5) is 11.4 Å². The molecular formula is C13H16IN3. The van der Waals surface area contributed by atoms with Crippen LogP contribution in [0.15, 0.2) is 18.2 Å². The van der Waals surface area contributed by atoms with Gasteiger partial charge in [-0.2, -0.15) is 0 Å². The van der Waals surface area contributed by atoms with Crippen LogP contribution in [0.3, 0.4) is 0 Å². The highest BCUT2D eigenvalue weighted by Crippen LogP contribution is 2.28. The molecule has 0 amide bonds. The van der Waals surface area contributed by atoms with Crippen LogP contribution >= 0.6 is 22.6 Å². The first kappa shape index (κ1) is 12.7. The Morgan fingerprint density at radius 3 is 2.65 bits per heavy atom. The van der Waals surface area contributed by atoms with E-state index in [1.807, 2.05) is 18.2 Å². The summed E-state index contributed by atoms with van der Waals surface area (Å²) in [5, 5.41) is 3.54. The number of rotatable bonds is 2. The Hall–Kier alpha value is -0.800. The van der Waals surface area contributed by atoms with Gasteiger partial charge in [-0.05, 0) is 54.3 Å². The first-order valence-electron chi connectivity index (χ1n) is 5.88. The summed E-state index contributed by atoms with van der Waals surface area (Å²) >= 11 is 2.30. The number of halogens is 1. The largest absolute Gasteiger partial charge is 0.382 e. The quantitative estimate of drug-likeness (QED) is 0.638. The zero-order chi connectivity index (χ0) is 12.3. The van der Waals surface area contributed by atoms with Gasteiger partial charge in [0.25, 0.3) is 0 Å². The van der Waals surface area contributed by atoms with E-state index in [2.05, 4.69) is 32.8 Å². The van der Waals surface area contributed by atoms with Crippen molar-refractivity contribution in [3.63, 3.8) is 0 Å². The number of benzene rings is 1. The molecule has 0 atom stereocenters. The Labute approximate surface area is 116 Å². The van der Waals surface area contributed by atoms with Crippen molar-refractivity contribution in [3.05, 3.63) is 33.2 Å². The lowest BCUT2D eigenvalue weighted by atomic mass is 9.91. The molecule has 3 nitrogen and oxygen atoms in total. The highest BCUT2D eigenvalue weighted by Gasteiger charge is 2.18. The van der Waals surface area contributed by atoms with Crippen LogP contribution in [0.1, 0.15) is 25.7 Å². The van der Waals surface area contributed by atoms with Gasteiger partial charge >= 0.3 is 0 Å². The molecule has 3 N–H and O–H groups in total. The highest BCUT2D eigenvalue weighted by atomic mass is 127. The summed E-state index contributed by atoms with van der Waals surface area (Å²) in [5.41, 5.74) is 7.67. The predicted molar refractivity (Wildman–Crippen MR) is 79.3 cm³/mol. The van der Waals surface area contributed by atoms with Crippen LogP contribution in [-0.2, 0) is 0 Å². The molecule has 0 spiro atoms. The Morgan fingerprint density at radius 2 is 2.00 bits per heavy atom. The van der Waals surface area contributed by atoms with Crippen molar-refractivity contribution < 1.29 is 0 Å². The lowest BCUT2D eigenvalue weighted by Crippen LogP contribution is -2.32. The van der Waals surface area contributed by atoms with Crippen LogP contribution in [0, 0.1) is 10.1 Å². The van der Waals surface area contributed by atoms with Gasteiger partial charge in [0.05, 0.1) is 6.57 Å². The molecule has 1 saturated carbocycles. The van der Waals surface area contributed by atoms with Gasteiger partial charge < -0.3 is 11.1 Å². The normalized spacial score (nSPS) is 24.1. The highest BCUT2D eigenvalue weighted by molar-refractivity contribution is 14.1. The fourth-order valence-electron chi connectivity index (χ4n) is 2.18. The molecule has 0 saturated heterocycles. The second kappa shape index (κ2) is 5.69. The third-order valence-corrected chi connectivity index (χ3v) is 4.15. The lowest BCUT2D eigenvalue weighted by molar-refractivity contribution is 0.411. The minimum absolute atomic E-state index is 0.377. The van der Waals surface area contributed by atoms with E-state index in [9.17, 15) is 0 Å². The first-order valence-corrected chi connectivity index (χ1v) is 6.96. The zero-order valence-corrected chi connectivity index (χ0v) is 11.8. The van der Waals surface area contributed by atoms with Gasteiger partial charge in [-0.25, -0.2) is 4.85 Å². The van der Waals surface area contributed by atoms with E-state index < -0.39 is 0 Å². The van der Waals surface area contributed by atoms with Crippen LogP contribution in [-0.4, -0.2) is 12.1 Å². The fraction of sp³-hybridized carbons (Fsp3) is 0.462. The molecule has 0 bridgehead atoms. The number of nitrogens with one attached hydrogen (secondary N) is 1. The molecule has 1 aliphatic rings. The van der Waals surface area contributed by atoms with Crippen molar-refractivity contribution in [1.29, 1.82) is 0 Å². The zero-order valence-electron chi connectivity index (χ0n) is 9.62. The van der Waals surface area contributed by atoms with Gasteiger partial charge in [-0.1, -0.05) is 12.1 Å². The first-order chi connectivity index (χ1) is 8.19. The maximum atomic E-state index is 7.04. The van der Waals surface area contributed by atoms with E-state index in [1.165, 1.54) is 3.57 Å². The molecule has 0 unspecified atom stereocenters. The van der Waals surface area contributed by atoms with Gasteiger partial charge in [0.2, 0.25) is 0 Å². The molecule has 1 aliphatic carbocycles. The molecule has 4 heteroatoms. The minimum Gasteiger partial charge on any atom is -0.382 e. The maximum Gasteiger partial charge on any atom is 0.189 e. The number of hydrogen-bond acceptors (Lipinski definition) is 2. The number of anilines is 1. The second-order valence-corrected chi connectivity index (χ2v) is 5.69. The average molecular weight is 341 g/mol. The Bertz CT molecular complexity index is 431. The summed E-state index contributed by atoms with van der Waals surface area (Å²) in [6, 6.07) is 6.66. The number of hydrogen-bond donors (Lipinski definition) is 2. The molecule has 0 aliphatic heterocycles. The van der Waals surface area contributed by atoms with Crippen LogP contribution < -0.4 is 11.1 Å². The van der Waals surface area contributed by atoms with Crippen molar-refractivity contribution in [3.8, 4) is 0 Å². The molecule has 90 valence electrons. The lowest BCUT2D eigenvalue weighted by Gasteiger charge is -2.28. The minimum atomic E-state index is 0.377. The van der Waals surface area contributed by atoms with E-state index in [1.54, 1.807) is 0 Å². The fourth-order valence-corrected chi connectivity index (χ4v) is 2.67. The van der Waals surface area contributed by atoms with Crippen molar-refractivity contribution >= 4 is 34.0 Å². The second-order valence-electron chi connectivity index (χ2n) is 4.53. The molecular weight excluding hydrogens is 325 g/mol. The van der Waals surface area contributed by atoms with Crippen molar-refractivity contribution in [1.82, 2.24) is 0 Å². The van der Waals surface area contributed by atoms with Gasteiger partial charge in [0.15, 0.2) is 5.69 Å². The van der Waals surface area contributed by atoms with E-state index in [0.717, 1.165) is 31.4 Å². The molecule has 1 fully saturated rings. The smallest absolute Gasteiger partial charge is 0.189 e.